The first-order valence-corrected chi connectivity index (χ1v) is 8.32. The molecule has 2 aromatic rings. The molecule has 1 amide bonds. The molecule has 0 saturated heterocycles. The summed E-state index contributed by atoms with van der Waals surface area (Å²) in [7, 11) is 0. The van der Waals surface area contributed by atoms with Gasteiger partial charge in [0.15, 0.2) is 11.5 Å². The zero-order chi connectivity index (χ0) is 18.7. The molecule has 1 heterocycles. The van der Waals surface area contributed by atoms with E-state index in [1.165, 1.54) is 24.3 Å². The number of hydrogen-bond donors (Lipinski definition) is 1. The Morgan fingerprint density at radius 2 is 2.08 bits per heavy atom. The van der Waals surface area contributed by atoms with E-state index < -0.39 is 4.92 Å². The van der Waals surface area contributed by atoms with E-state index in [4.69, 9.17) is 9.47 Å². The quantitative estimate of drug-likeness (QED) is 0.488. The Morgan fingerprint density at radius 3 is 2.85 bits per heavy atom. The number of nitro groups is 1. The molecule has 0 bridgehead atoms. The second kappa shape index (κ2) is 7.03. The SMILES string of the molecule is CC1(C)Cc2cccc(OCCNC(=O)c3cccc([N+](=O)[O-])c3)c2O1. The van der Waals surface area contributed by atoms with Gasteiger partial charge in [-0.3, -0.25) is 14.9 Å². The van der Waals surface area contributed by atoms with Gasteiger partial charge in [-0.1, -0.05) is 18.2 Å². The number of carbonyl (C=O) groups is 1. The van der Waals surface area contributed by atoms with Crippen LogP contribution in [0, 0.1) is 10.1 Å². The summed E-state index contributed by atoms with van der Waals surface area (Å²) in [5, 5.41) is 13.5. The van der Waals surface area contributed by atoms with Crippen molar-refractivity contribution >= 4 is 11.6 Å². The minimum Gasteiger partial charge on any atom is -0.488 e. The van der Waals surface area contributed by atoms with E-state index >= 15 is 0 Å². The number of benzene rings is 2. The van der Waals surface area contributed by atoms with Crippen LogP contribution >= 0.6 is 0 Å². The molecule has 0 spiro atoms. The number of nitro benzene ring substituents is 1. The minimum absolute atomic E-state index is 0.117. The molecule has 1 N–H and O–H groups in total. The van der Waals surface area contributed by atoms with Gasteiger partial charge in [0.25, 0.3) is 11.6 Å². The van der Waals surface area contributed by atoms with Crippen LogP contribution in [0.15, 0.2) is 42.5 Å². The summed E-state index contributed by atoms with van der Waals surface area (Å²) in [6.45, 7) is 4.58. The van der Waals surface area contributed by atoms with Crippen LogP contribution in [0.1, 0.15) is 29.8 Å². The fourth-order valence-electron chi connectivity index (χ4n) is 2.89. The van der Waals surface area contributed by atoms with Crippen molar-refractivity contribution < 1.29 is 19.2 Å². The molecule has 1 aliphatic rings. The van der Waals surface area contributed by atoms with Crippen LogP contribution in [0.3, 0.4) is 0 Å². The Kier molecular flexibility index (Phi) is 4.79. The second-order valence-electron chi connectivity index (χ2n) is 6.69. The lowest BCUT2D eigenvalue weighted by atomic mass is 10.0. The average Bonchev–Trinajstić information content (AvgIpc) is 2.93. The van der Waals surface area contributed by atoms with Crippen molar-refractivity contribution in [2.24, 2.45) is 0 Å². The zero-order valence-corrected chi connectivity index (χ0v) is 14.7. The van der Waals surface area contributed by atoms with Gasteiger partial charge in [0, 0.05) is 29.7 Å². The smallest absolute Gasteiger partial charge is 0.270 e. The third kappa shape index (κ3) is 3.93. The van der Waals surface area contributed by atoms with Crippen molar-refractivity contribution in [2.75, 3.05) is 13.2 Å². The summed E-state index contributed by atoms with van der Waals surface area (Å²) in [6.07, 6.45) is 0.822. The van der Waals surface area contributed by atoms with Crippen molar-refractivity contribution in [2.45, 2.75) is 25.9 Å². The minimum atomic E-state index is -0.530. The Hall–Kier alpha value is -3.09. The molecular weight excluding hydrogens is 336 g/mol. The van der Waals surface area contributed by atoms with E-state index in [2.05, 4.69) is 5.32 Å². The van der Waals surface area contributed by atoms with Crippen molar-refractivity contribution in [1.29, 1.82) is 0 Å². The number of rotatable bonds is 6. The highest BCUT2D eigenvalue weighted by Gasteiger charge is 2.32. The molecule has 2 aromatic carbocycles. The number of nitrogens with zero attached hydrogens (tertiary/aromatic N) is 1. The predicted molar refractivity (Wildman–Crippen MR) is 95.8 cm³/mol. The van der Waals surface area contributed by atoms with E-state index in [1.807, 2.05) is 32.0 Å². The van der Waals surface area contributed by atoms with Crippen LogP contribution < -0.4 is 14.8 Å². The molecule has 3 rings (SSSR count). The Balaban J connectivity index is 1.54. The van der Waals surface area contributed by atoms with Gasteiger partial charge in [-0.2, -0.15) is 0 Å². The van der Waals surface area contributed by atoms with Gasteiger partial charge >= 0.3 is 0 Å². The summed E-state index contributed by atoms with van der Waals surface area (Å²) in [5.41, 5.74) is 0.976. The first-order valence-electron chi connectivity index (χ1n) is 8.32. The molecule has 26 heavy (non-hydrogen) atoms. The Labute approximate surface area is 151 Å². The first kappa shape index (κ1) is 17.7. The standard InChI is InChI=1S/C19H20N2O5/c1-19(2)12-14-6-4-8-16(17(14)26-19)25-10-9-20-18(22)13-5-3-7-15(11-13)21(23)24/h3-8,11H,9-10,12H2,1-2H3,(H,20,22). The van der Waals surface area contributed by atoms with E-state index in [-0.39, 0.29) is 35.9 Å². The molecule has 0 radical (unpaired) electrons. The number of para-hydroxylation sites is 1. The van der Waals surface area contributed by atoms with E-state index in [1.54, 1.807) is 0 Å². The topological polar surface area (TPSA) is 90.7 Å². The summed E-state index contributed by atoms with van der Waals surface area (Å²) >= 11 is 0. The van der Waals surface area contributed by atoms with Gasteiger partial charge in [0.1, 0.15) is 12.2 Å². The first-order chi connectivity index (χ1) is 12.4. The fraction of sp³-hybridized carbons (Fsp3) is 0.316. The molecule has 136 valence electrons. The summed E-state index contributed by atoms with van der Waals surface area (Å²) in [4.78, 5) is 22.3. The Bertz CT molecular complexity index is 848. The van der Waals surface area contributed by atoms with Crippen LogP contribution in [-0.4, -0.2) is 29.6 Å². The number of nitrogens with one attached hydrogen (secondary N) is 1. The number of non-ortho nitro benzene ring substituents is 1. The average molecular weight is 356 g/mol. The number of carbonyl (C=O) groups excluding carboxylic acids is 1. The Morgan fingerprint density at radius 1 is 1.31 bits per heavy atom. The number of hydrogen-bond acceptors (Lipinski definition) is 5. The molecule has 0 aromatic heterocycles. The van der Waals surface area contributed by atoms with E-state index in [0.717, 1.165) is 17.7 Å². The second-order valence-corrected chi connectivity index (χ2v) is 6.69. The van der Waals surface area contributed by atoms with Gasteiger partial charge in [0.05, 0.1) is 11.5 Å². The van der Waals surface area contributed by atoms with Crippen LogP contribution in [0.4, 0.5) is 5.69 Å². The number of fused-ring (bicyclic) bond motifs is 1. The molecule has 0 fully saturated rings. The number of ether oxygens (including phenoxy) is 2. The molecule has 7 heteroatoms. The highest BCUT2D eigenvalue weighted by Crippen LogP contribution is 2.41. The fourth-order valence-corrected chi connectivity index (χ4v) is 2.89. The molecule has 0 aliphatic carbocycles. The lowest BCUT2D eigenvalue weighted by Gasteiger charge is -2.18. The van der Waals surface area contributed by atoms with Gasteiger partial charge < -0.3 is 14.8 Å². The van der Waals surface area contributed by atoms with Gasteiger partial charge in [0.2, 0.25) is 0 Å². The zero-order valence-electron chi connectivity index (χ0n) is 14.7. The van der Waals surface area contributed by atoms with Crippen LogP contribution in [-0.2, 0) is 6.42 Å². The van der Waals surface area contributed by atoms with Gasteiger partial charge in [-0.15, -0.1) is 0 Å². The van der Waals surface area contributed by atoms with Gasteiger partial charge in [-0.05, 0) is 26.0 Å². The van der Waals surface area contributed by atoms with Crippen LogP contribution in [0.25, 0.3) is 0 Å². The van der Waals surface area contributed by atoms with Crippen molar-refractivity contribution in [3.63, 3.8) is 0 Å². The monoisotopic (exact) mass is 356 g/mol. The van der Waals surface area contributed by atoms with Crippen LogP contribution in [0.5, 0.6) is 11.5 Å². The summed E-state index contributed by atoms with van der Waals surface area (Å²) < 4.78 is 11.7. The third-order valence-corrected chi connectivity index (χ3v) is 4.02. The van der Waals surface area contributed by atoms with Crippen LogP contribution in [0.2, 0.25) is 0 Å². The molecule has 0 unspecified atom stereocenters. The summed E-state index contributed by atoms with van der Waals surface area (Å²) in [5.74, 6) is 1.02. The van der Waals surface area contributed by atoms with Crippen molar-refractivity contribution in [3.05, 3.63) is 63.7 Å². The lowest BCUT2D eigenvalue weighted by Crippen LogP contribution is -2.28. The maximum absolute atomic E-state index is 12.1. The maximum atomic E-state index is 12.1. The molecular formula is C19H20N2O5. The largest absolute Gasteiger partial charge is 0.488 e. The highest BCUT2D eigenvalue weighted by molar-refractivity contribution is 5.94. The maximum Gasteiger partial charge on any atom is 0.270 e. The normalized spacial score (nSPS) is 14.2. The van der Waals surface area contributed by atoms with Crippen molar-refractivity contribution in [3.8, 4) is 11.5 Å². The predicted octanol–water partition coefficient (Wildman–Crippen LogP) is 3.12. The van der Waals surface area contributed by atoms with Gasteiger partial charge in [-0.25, -0.2) is 0 Å². The van der Waals surface area contributed by atoms with E-state index in [9.17, 15) is 14.9 Å². The number of amides is 1. The molecule has 0 saturated carbocycles. The van der Waals surface area contributed by atoms with Crippen molar-refractivity contribution in [1.82, 2.24) is 5.32 Å². The third-order valence-electron chi connectivity index (χ3n) is 4.02. The highest BCUT2D eigenvalue weighted by atomic mass is 16.6. The van der Waals surface area contributed by atoms with E-state index in [0.29, 0.717) is 5.75 Å². The molecule has 1 aliphatic heterocycles. The lowest BCUT2D eigenvalue weighted by molar-refractivity contribution is -0.384. The molecule has 0 atom stereocenters. The molecule has 7 nitrogen and oxygen atoms in total. The summed E-state index contributed by atoms with van der Waals surface area (Å²) in [6, 6.07) is 11.4.